The first kappa shape index (κ1) is 21.5. The molecule has 27 heavy (non-hydrogen) atoms. The molecular weight excluding hydrogens is 342 g/mol. The minimum atomic E-state index is 0.578. The van der Waals surface area contributed by atoms with Gasteiger partial charge in [0.25, 0.3) is 0 Å². The first-order valence-electron chi connectivity index (χ1n) is 10.2. The average molecular weight is 378 g/mol. The minimum absolute atomic E-state index is 0.578. The van der Waals surface area contributed by atoms with Crippen LogP contribution in [0.3, 0.4) is 0 Å². The summed E-state index contributed by atoms with van der Waals surface area (Å²) in [7, 11) is 0. The molecule has 2 N–H and O–H groups in total. The number of rotatable bonds is 12. The molecule has 0 saturated carbocycles. The number of hydrogen-bond acceptors (Lipinski definition) is 4. The molecule has 1 aliphatic heterocycles. The van der Waals surface area contributed by atoms with Crippen molar-refractivity contribution in [3.8, 4) is 5.75 Å². The van der Waals surface area contributed by atoms with Crippen molar-refractivity contribution in [2.45, 2.75) is 39.7 Å². The average Bonchev–Trinajstić information content (AvgIpc) is 3.21. The molecule has 1 aromatic carbocycles. The molecule has 1 saturated heterocycles. The molecule has 1 aromatic rings. The van der Waals surface area contributed by atoms with Gasteiger partial charge in [0, 0.05) is 32.2 Å². The maximum Gasteiger partial charge on any atom is 0.191 e. The highest BCUT2D eigenvalue weighted by Crippen LogP contribution is 2.14. The Morgan fingerprint density at radius 2 is 2.19 bits per heavy atom. The van der Waals surface area contributed by atoms with Crippen molar-refractivity contribution in [1.29, 1.82) is 0 Å². The zero-order chi connectivity index (χ0) is 19.2. The Hall–Kier alpha value is -1.79. The topological polar surface area (TPSA) is 64.1 Å². The van der Waals surface area contributed by atoms with Gasteiger partial charge in [-0.1, -0.05) is 19.1 Å². The van der Waals surface area contributed by atoms with Gasteiger partial charge in [-0.25, -0.2) is 4.99 Å². The standard InChI is InChI=1S/C21H35N3O3/c1-3-11-27-20-8-5-7-18(14-20)15-24-21(22-4-2)23-10-6-12-25-16-19-9-13-26-17-19/h5,7-8,14,19H,3-4,6,9-13,15-17H2,1-2H3,(H2,22,23,24). The largest absolute Gasteiger partial charge is 0.494 e. The Kier molecular flexibility index (Phi) is 10.7. The van der Waals surface area contributed by atoms with Crippen molar-refractivity contribution in [2.24, 2.45) is 10.9 Å². The van der Waals surface area contributed by atoms with Crippen LogP contribution in [0.1, 0.15) is 38.7 Å². The zero-order valence-electron chi connectivity index (χ0n) is 16.8. The summed E-state index contributed by atoms with van der Waals surface area (Å²) in [5, 5.41) is 6.66. The first-order valence-corrected chi connectivity index (χ1v) is 10.2. The molecule has 6 nitrogen and oxygen atoms in total. The van der Waals surface area contributed by atoms with Gasteiger partial charge in [-0.3, -0.25) is 0 Å². The molecule has 0 spiro atoms. The van der Waals surface area contributed by atoms with Crippen molar-refractivity contribution in [3.63, 3.8) is 0 Å². The molecule has 0 amide bonds. The number of aliphatic imine (C=N–C) groups is 1. The van der Waals surface area contributed by atoms with E-state index in [2.05, 4.69) is 41.6 Å². The molecule has 1 atom stereocenters. The summed E-state index contributed by atoms with van der Waals surface area (Å²) < 4.78 is 16.8. The highest BCUT2D eigenvalue weighted by molar-refractivity contribution is 5.79. The molecule has 0 aliphatic carbocycles. The summed E-state index contributed by atoms with van der Waals surface area (Å²) in [5.74, 6) is 2.32. The van der Waals surface area contributed by atoms with Gasteiger partial charge in [-0.15, -0.1) is 0 Å². The van der Waals surface area contributed by atoms with E-state index >= 15 is 0 Å². The van der Waals surface area contributed by atoms with Crippen molar-refractivity contribution in [2.75, 3.05) is 46.1 Å². The fourth-order valence-corrected chi connectivity index (χ4v) is 2.81. The molecule has 2 rings (SSSR count). The van der Waals surface area contributed by atoms with Crippen molar-refractivity contribution in [1.82, 2.24) is 10.6 Å². The Balaban J connectivity index is 1.68. The van der Waals surface area contributed by atoms with Gasteiger partial charge < -0.3 is 24.8 Å². The number of ether oxygens (including phenoxy) is 3. The molecule has 1 aliphatic rings. The molecule has 1 unspecified atom stereocenters. The van der Waals surface area contributed by atoms with Gasteiger partial charge in [-0.2, -0.15) is 0 Å². The van der Waals surface area contributed by atoms with E-state index in [1.54, 1.807) is 0 Å². The van der Waals surface area contributed by atoms with Gasteiger partial charge in [-0.05, 0) is 43.9 Å². The van der Waals surface area contributed by atoms with Crippen molar-refractivity contribution < 1.29 is 14.2 Å². The Morgan fingerprint density at radius 3 is 2.96 bits per heavy atom. The number of nitrogens with zero attached hydrogens (tertiary/aromatic N) is 1. The third-order valence-electron chi connectivity index (χ3n) is 4.27. The summed E-state index contributed by atoms with van der Waals surface area (Å²) in [5.41, 5.74) is 1.14. The lowest BCUT2D eigenvalue weighted by molar-refractivity contribution is 0.0888. The van der Waals surface area contributed by atoms with Crippen LogP contribution in [-0.4, -0.2) is 52.1 Å². The molecular formula is C21H35N3O3. The number of nitrogens with one attached hydrogen (secondary N) is 2. The lowest BCUT2D eigenvalue weighted by atomic mass is 10.1. The monoisotopic (exact) mass is 377 g/mol. The molecule has 6 heteroatoms. The Morgan fingerprint density at radius 1 is 1.26 bits per heavy atom. The quantitative estimate of drug-likeness (QED) is 0.333. The van der Waals surface area contributed by atoms with Crippen LogP contribution in [0.25, 0.3) is 0 Å². The van der Waals surface area contributed by atoms with Gasteiger partial charge in [0.2, 0.25) is 0 Å². The zero-order valence-corrected chi connectivity index (χ0v) is 16.8. The van der Waals surface area contributed by atoms with Gasteiger partial charge >= 0.3 is 0 Å². The van der Waals surface area contributed by atoms with E-state index in [-0.39, 0.29) is 0 Å². The summed E-state index contributed by atoms with van der Waals surface area (Å²) in [4.78, 5) is 4.67. The van der Waals surface area contributed by atoms with E-state index in [1.165, 1.54) is 0 Å². The van der Waals surface area contributed by atoms with Crippen LogP contribution < -0.4 is 15.4 Å². The van der Waals surface area contributed by atoms with Crippen LogP contribution in [-0.2, 0) is 16.0 Å². The fourth-order valence-electron chi connectivity index (χ4n) is 2.81. The van der Waals surface area contributed by atoms with Crippen molar-refractivity contribution in [3.05, 3.63) is 29.8 Å². The smallest absolute Gasteiger partial charge is 0.191 e. The molecule has 152 valence electrons. The van der Waals surface area contributed by atoms with Crippen LogP contribution in [0.2, 0.25) is 0 Å². The van der Waals surface area contributed by atoms with E-state index in [0.717, 1.165) is 82.7 Å². The second kappa shape index (κ2) is 13.4. The van der Waals surface area contributed by atoms with E-state index < -0.39 is 0 Å². The molecule has 0 bridgehead atoms. The van der Waals surface area contributed by atoms with Gasteiger partial charge in [0.15, 0.2) is 5.96 Å². The van der Waals surface area contributed by atoms with Crippen LogP contribution in [0.15, 0.2) is 29.3 Å². The maximum absolute atomic E-state index is 5.74. The lowest BCUT2D eigenvalue weighted by Crippen LogP contribution is -2.38. The predicted octanol–water partition coefficient (Wildman–Crippen LogP) is 2.97. The number of hydrogen-bond donors (Lipinski definition) is 2. The van der Waals surface area contributed by atoms with Crippen molar-refractivity contribution >= 4 is 5.96 Å². The van der Waals surface area contributed by atoms with Crippen LogP contribution in [0, 0.1) is 5.92 Å². The highest BCUT2D eigenvalue weighted by atomic mass is 16.5. The third-order valence-corrected chi connectivity index (χ3v) is 4.27. The van der Waals surface area contributed by atoms with Gasteiger partial charge in [0.05, 0.1) is 26.4 Å². The second-order valence-corrected chi connectivity index (χ2v) is 6.78. The highest BCUT2D eigenvalue weighted by Gasteiger charge is 2.15. The third kappa shape index (κ3) is 9.11. The summed E-state index contributed by atoms with van der Waals surface area (Å²) in [6.07, 6.45) is 3.09. The van der Waals surface area contributed by atoms with E-state index in [9.17, 15) is 0 Å². The fraction of sp³-hybridized carbons (Fsp3) is 0.667. The maximum atomic E-state index is 5.74. The summed E-state index contributed by atoms with van der Waals surface area (Å²) in [6.45, 7) is 10.5. The van der Waals surface area contributed by atoms with E-state index in [1.807, 2.05) is 12.1 Å². The van der Waals surface area contributed by atoms with Crippen LogP contribution in [0.5, 0.6) is 5.75 Å². The van der Waals surface area contributed by atoms with Crippen LogP contribution in [0.4, 0.5) is 0 Å². The lowest BCUT2D eigenvalue weighted by Gasteiger charge is -2.12. The summed E-state index contributed by atoms with van der Waals surface area (Å²) >= 11 is 0. The molecule has 1 heterocycles. The molecule has 0 radical (unpaired) electrons. The normalized spacial score (nSPS) is 17.1. The minimum Gasteiger partial charge on any atom is -0.494 e. The molecule has 0 aromatic heterocycles. The van der Waals surface area contributed by atoms with E-state index in [0.29, 0.717) is 12.5 Å². The Labute approximate surface area is 163 Å². The summed E-state index contributed by atoms with van der Waals surface area (Å²) in [6, 6.07) is 8.14. The first-order chi connectivity index (χ1) is 13.3. The van der Waals surface area contributed by atoms with E-state index in [4.69, 9.17) is 14.2 Å². The predicted molar refractivity (Wildman–Crippen MR) is 109 cm³/mol. The molecule has 1 fully saturated rings. The number of benzene rings is 1. The van der Waals surface area contributed by atoms with Gasteiger partial charge in [0.1, 0.15) is 5.75 Å². The number of guanidine groups is 1. The SMILES string of the molecule is CCCOc1cccc(CN=C(NCC)NCCCOCC2CCOC2)c1. The Bertz CT molecular complexity index is 545. The van der Waals surface area contributed by atoms with Crippen LogP contribution >= 0.6 is 0 Å². The second-order valence-electron chi connectivity index (χ2n) is 6.78.